The van der Waals surface area contributed by atoms with Crippen molar-refractivity contribution >= 4 is 11.8 Å². The molecule has 1 aliphatic rings. The first-order valence-electron chi connectivity index (χ1n) is 6.20. The molecule has 1 saturated heterocycles. The molecule has 0 aromatic heterocycles. The molecule has 0 aromatic carbocycles. The Kier molecular flexibility index (Phi) is 4.93. The fourth-order valence-electron chi connectivity index (χ4n) is 1.98. The molecule has 0 bridgehead atoms. The molecule has 0 spiro atoms. The number of carbonyl (C=O) groups is 2. The van der Waals surface area contributed by atoms with Crippen LogP contribution in [0.2, 0.25) is 0 Å². The van der Waals surface area contributed by atoms with Crippen LogP contribution in [0.3, 0.4) is 0 Å². The number of amides is 2. The molecule has 0 saturated carbocycles. The monoisotopic (exact) mass is 241 g/mol. The highest BCUT2D eigenvalue weighted by Crippen LogP contribution is 2.17. The number of likely N-dealkylation sites (tertiary alicyclic amines) is 1. The molecule has 5 nitrogen and oxygen atoms in total. The summed E-state index contributed by atoms with van der Waals surface area (Å²) in [6.07, 6.45) is 0.941. The van der Waals surface area contributed by atoms with Gasteiger partial charge in [0.05, 0.1) is 6.04 Å². The van der Waals surface area contributed by atoms with Gasteiger partial charge in [0.15, 0.2) is 0 Å². The zero-order valence-electron chi connectivity index (χ0n) is 10.9. The maximum atomic E-state index is 12.0. The maximum Gasteiger partial charge on any atom is 0.239 e. The predicted molar refractivity (Wildman–Crippen MR) is 66.2 cm³/mol. The zero-order chi connectivity index (χ0) is 13.0. The van der Waals surface area contributed by atoms with Crippen LogP contribution in [0.5, 0.6) is 0 Å². The van der Waals surface area contributed by atoms with E-state index in [1.165, 1.54) is 6.92 Å². The van der Waals surface area contributed by atoms with E-state index in [0.717, 1.165) is 13.0 Å². The highest BCUT2D eigenvalue weighted by atomic mass is 16.2. The molecule has 0 unspecified atom stereocenters. The Balaban J connectivity index is 2.39. The van der Waals surface area contributed by atoms with Crippen LogP contribution >= 0.6 is 0 Å². The van der Waals surface area contributed by atoms with Gasteiger partial charge in [-0.1, -0.05) is 13.8 Å². The lowest BCUT2D eigenvalue weighted by Gasteiger charge is -2.23. The molecule has 1 fully saturated rings. The van der Waals surface area contributed by atoms with Crippen molar-refractivity contribution in [3.8, 4) is 0 Å². The largest absolute Gasteiger partial charge is 0.356 e. The van der Waals surface area contributed by atoms with Crippen molar-refractivity contribution in [3.05, 3.63) is 0 Å². The third-order valence-electron chi connectivity index (χ3n) is 3.24. The number of nitrogens with one attached hydrogen (secondary N) is 1. The number of carbonyl (C=O) groups excluding carboxylic acids is 2. The molecule has 3 N–H and O–H groups in total. The van der Waals surface area contributed by atoms with Crippen LogP contribution in [0.4, 0.5) is 0 Å². The lowest BCUT2D eigenvalue weighted by molar-refractivity contribution is -0.132. The van der Waals surface area contributed by atoms with Gasteiger partial charge < -0.3 is 16.0 Å². The summed E-state index contributed by atoms with van der Waals surface area (Å²) >= 11 is 0. The first kappa shape index (κ1) is 14.0. The van der Waals surface area contributed by atoms with E-state index in [2.05, 4.69) is 5.32 Å². The molecule has 2 atom stereocenters. The summed E-state index contributed by atoms with van der Waals surface area (Å²) in [5, 5.41) is 2.79. The minimum absolute atomic E-state index is 0.0198. The van der Waals surface area contributed by atoms with E-state index in [1.54, 1.807) is 0 Å². The second-order valence-electron chi connectivity index (χ2n) is 5.15. The average Bonchev–Trinajstić information content (AvgIpc) is 2.72. The van der Waals surface area contributed by atoms with Crippen molar-refractivity contribution < 1.29 is 9.59 Å². The molecule has 17 heavy (non-hydrogen) atoms. The Bertz CT molecular complexity index is 291. The Labute approximate surface area is 103 Å². The summed E-state index contributed by atoms with van der Waals surface area (Å²) in [5.41, 5.74) is 5.85. The first-order chi connectivity index (χ1) is 7.91. The normalized spacial score (nSPS) is 21.7. The fraction of sp³-hybridized carbons (Fsp3) is 0.833. The van der Waals surface area contributed by atoms with Gasteiger partial charge in [-0.05, 0) is 18.3 Å². The second-order valence-corrected chi connectivity index (χ2v) is 5.15. The van der Waals surface area contributed by atoms with Crippen LogP contribution in [-0.2, 0) is 9.59 Å². The van der Waals surface area contributed by atoms with Crippen molar-refractivity contribution in [2.75, 3.05) is 19.6 Å². The molecule has 0 radical (unpaired) electrons. The van der Waals surface area contributed by atoms with Gasteiger partial charge in [-0.25, -0.2) is 0 Å². The van der Waals surface area contributed by atoms with Crippen LogP contribution in [-0.4, -0.2) is 42.4 Å². The number of hydrogen-bond donors (Lipinski definition) is 2. The summed E-state index contributed by atoms with van der Waals surface area (Å²) in [7, 11) is 0. The molecular weight excluding hydrogens is 218 g/mol. The predicted octanol–water partition coefficient (Wildman–Crippen LogP) is -0.0457. The fourth-order valence-corrected chi connectivity index (χ4v) is 1.98. The van der Waals surface area contributed by atoms with E-state index in [9.17, 15) is 9.59 Å². The second kappa shape index (κ2) is 6.00. The van der Waals surface area contributed by atoms with E-state index in [-0.39, 0.29) is 17.7 Å². The Morgan fingerprint density at radius 3 is 2.65 bits per heavy atom. The summed E-state index contributed by atoms with van der Waals surface area (Å²) in [6, 6.07) is -0.408. The van der Waals surface area contributed by atoms with E-state index < -0.39 is 6.04 Å². The lowest BCUT2D eigenvalue weighted by Crippen LogP contribution is -2.45. The minimum Gasteiger partial charge on any atom is -0.356 e. The molecule has 2 amide bonds. The molecule has 1 aliphatic heterocycles. The van der Waals surface area contributed by atoms with E-state index in [0.29, 0.717) is 19.0 Å². The molecule has 1 rings (SSSR count). The van der Waals surface area contributed by atoms with Crippen molar-refractivity contribution in [1.29, 1.82) is 0 Å². The number of rotatable bonds is 4. The summed E-state index contributed by atoms with van der Waals surface area (Å²) in [5.74, 6) is 0.540. The first-order valence-corrected chi connectivity index (χ1v) is 6.20. The van der Waals surface area contributed by atoms with Crippen LogP contribution < -0.4 is 11.1 Å². The molecule has 0 aliphatic carbocycles. The van der Waals surface area contributed by atoms with E-state index in [4.69, 9.17) is 5.73 Å². The highest BCUT2D eigenvalue weighted by Gasteiger charge is 2.30. The number of nitrogens with two attached hydrogens (primary N) is 1. The Morgan fingerprint density at radius 2 is 2.12 bits per heavy atom. The van der Waals surface area contributed by atoms with Gasteiger partial charge in [0.2, 0.25) is 11.8 Å². The van der Waals surface area contributed by atoms with Gasteiger partial charge in [0.1, 0.15) is 0 Å². The van der Waals surface area contributed by atoms with Crippen LogP contribution in [0.25, 0.3) is 0 Å². The van der Waals surface area contributed by atoms with Crippen LogP contribution in [0.15, 0.2) is 0 Å². The lowest BCUT2D eigenvalue weighted by atomic mass is 10.0. The van der Waals surface area contributed by atoms with Gasteiger partial charge >= 0.3 is 0 Å². The van der Waals surface area contributed by atoms with Crippen molar-refractivity contribution in [2.24, 2.45) is 17.6 Å². The standard InChI is InChI=1S/C12H23N3O2/c1-8(2)11(13)12(17)15-5-4-10(7-15)6-14-9(3)16/h8,10-11H,4-7,13H2,1-3H3,(H,14,16)/t10-,11-/m0/s1. The van der Waals surface area contributed by atoms with Crippen molar-refractivity contribution in [1.82, 2.24) is 10.2 Å². The number of nitrogens with zero attached hydrogens (tertiary/aromatic N) is 1. The SMILES string of the molecule is CC(=O)NC[C@@H]1CCN(C(=O)[C@@H](N)C(C)C)C1. The van der Waals surface area contributed by atoms with Gasteiger partial charge in [0.25, 0.3) is 0 Å². The van der Waals surface area contributed by atoms with E-state index >= 15 is 0 Å². The molecule has 5 heteroatoms. The molecular formula is C12H23N3O2. The maximum absolute atomic E-state index is 12.0. The van der Waals surface area contributed by atoms with Crippen LogP contribution in [0.1, 0.15) is 27.2 Å². The van der Waals surface area contributed by atoms with Gasteiger partial charge in [-0.2, -0.15) is 0 Å². The summed E-state index contributed by atoms with van der Waals surface area (Å²) < 4.78 is 0. The van der Waals surface area contributed by atoms with E-state index in [1.807, 2.05) is 18.7 Å². The summed E-state index contributed by atoms with van der Waals surface area (Å²) in [6.45, 7) is 7.52. The summed E-state index contributed by atoms with van der Waals surface area (Å²) in [4.78, 5) is 24.6. The topological polar surface area (TPSA) is 75.4 Å². The smallest absolute Gasteiger partial charge is 0.239 e. The molecule has 0 aromatic rings. The van der Waals surface area contributed by atoms with Gasteiger partial charge in [0, 0.05) is 26.6 Å². The van der Waals surface area contributed by atoms with Gasteiger partial charge in [-0.3, -0.25) is 9.59 Å². The highest BCUT2D eigenvalue weighted by molar-refractivity contribution is 5.82. The number of hydrogen-bond acceptors (Lipinski definition) is 3. The van der Waals surface area contributed by atoms with Crippen LogP contribution in [0, 0.1) is 11.8 Å². The van der Waals surface area contributed by atoms with Crippen molar-refractivity contribution in [2.45, 2.75) is 33.2 Å². The third kappa shape index (κ3) is 4.00. The third-order valence-corrected chi connectivity index (χ3v) is 3.24. The zero-order valence-corrected chi connectivity index (χ0v) is 10.9. The van der Waals surface area contributed by atoms with Gasteiger partial charge in [-0.15, -0.1) is 0 Å². The molecule has 1 heterocycles. The Hall–Kier alpha value is -1.10. The Morgan fingerprint density at radius 1 is 1.47 bits per heavy atom. The van der Waals surface area contributed by atoms with Crippen molar-refractivity contribution in [3.63, 3.8) is 0 Å². The quantitative estimate of drug-likeness (QED) is 0.725. The average molecular weight is 241 g/mol. The minimum atomic E-state index is -0.408. The molecule has 98 valence electrons.